The first kappa shape index (κ1) is 14.9. The van der Waals surface area contributed by atoms with Gasteiger partial charge in [0.05, 0.1) is 17.6 Å². The molecule has 0 aromatic carbocycles. The number of hydrogen-bond donors (Lipinski definition) is 1. The summed E-state index contributed by atoms with van der Waals surface area (Å²) < 4.78 is 29.2. The van der Waals surface area contributed by atoms with E-state index in [1.54, 1.807) is 0 Å². The van der Waals surface area contributed by atoms with Crippen molar-refractivity contribution in [1.29, 1.82) is 0 Å². The molecule has 0 amide bonds. The van der Waals surface area contributed by atoms with Crippen molar-refractivity contribution in [3.63, 3.8) is 0 Å². The van der Waals surface area contributed by atoms with Crippen LogP contribution in [0.3, 0.4) is 0 Å². The first-order chi connectivity index (χ1) is 8.17. The van der Waals surface area contributed by atoms with E-state index in [0.717, 1.165) is 32.2 Å². The fraction of sp³-hybridized carbons (Fsp3) is 1.00. The van der Waals surface area contributed by atoms with Crippen LogP contribution in [0.4, 0.5) is 0 Å². The minimum Gasteiger partial charge on any atom is -0.380 e. The average molecular weight is 263 g/mol. The number of rotatable bonds is 8. The first-order valence-electron chi connectivity index (χ1n) is 6.67. The van der Waals surface area contributed by atoms with Gasteiger partial charge >= 0.3 is 0 Å². The largest absolute Gasteiger partial charge is 0.380 e. The van der Waals surface area contributed by atoms with Gasteiger partial charge in [0.1, 0.15) is 0 Å². The second-order valence-electron chi connectivity index (χ2n) is 4.57. The maximum absolute atomic E-state index is 12.0. The highest BCUT2D eigenvalue weighted by atomic mass is 32.2. The topological polar surface area (TPSA) is 55.4 Å². The summed E-state index contributed by atoms with van der Waals surface area (Å²) >= 11 is 0. The Bertz CT molecular complexity index is 284. The van der Waals surface area contributed by atoms with Gasteiger partial charge in [0, 0.05) is 19.7 Å². The summed E-state index contributed by atoms with van der Waals surface area (Å²) in [5.74, 6) is 0.268. The molecule has 0 bridgehead atoms. The van der Waals surface area contributed by atoms with E-state index in [2.05, 4.69) is 5.32 Å². The fourth-order valence-corrected chi connectivity index (χ4v) is 4.03. The minimum absolute atomic E-state index is 0.0788. The molecule has 4 nitrogen and oxygen atoms in total. The second kappa shape index (κ2) is 8.06. The summed E-state index contributed by atoms with van der Waals surface area (Å²) in [7, 11) is -2.88. The molecule has 1 fully saturated rings. The summed E-state index contributed by atoms with van der Waals surface area (Å²) in [5.41, 5.74) is 0. The predicted octanol–water partition coefficient (Wildman–Crippen LogP) is 1.36. The molecule has 1 aliphatic rings. The van der Waals surface area contributed by atoms with Crippen molar-refractivity contribution < 1.29 is 13.2 Å². The molecule has 1 N–H and O–H groups in total. The van der Waals surface area contributed by atoms with Crippen LogP contribution in [0.1, 0.15) is 39.0 Å². The van der Waals surface area contributed by atoms with E-state index in [-0.39, 0.29) is 11.0 Å². The molecule has 0 aromatic rings. The molecule has 0 aromatic heterocycles. The number of nitrogens with one attached hydrogen (secondary N) is 1. The lowest BCUT2D eigenvalue weighted by Crippen LogP contribution is -2.32. The number of sulfone groups is 1. The van der Waals surface area contributed by atoms with E-state index in [9.17, 15) is 8.42 Å². The lowest BCUT2D eigenvalue weighted by atomic mass is 10.0. The molecule has 102 valence electrons. The Balaban J connectivity index is 2.15. The van der Waals surface area contributed by atoms with Crippen molar-refractivity contribution in [2.24, 2.45) is 0 Å². The van der Waals surface area contributed by atoms with E-state index in [1.165, 1.54) is 6.42 Å². The summed E-state index contributed by atoms with van der Waals surface area (Å²) in [6.45, 7) is 4.59. The van der Waals surface area contributed by atoms with Gasteiger partial charge in [0.25, 0.3) is 0 Å². The quantitative estimate of drug-likeness (QED) is 0.672. The molecular weight excluding hydrogens is 238 g/mol. The zero-order valence-electron chi connectivity index (χ0n) is 10.8. The Morgan fingerprint density at radius 3 is 2.53 bits per heavy atom. The molecule has 0 heterocycles. The van der Waals surface area contributed by atoms with Gasteiger partial charge in [-0.2, -0.15) is 0 Å². The standard InChI is InChI=1S/C12H25NO3S/c1-2-16-10-8-13-9-11-17(14,15)12-6-4-3-5-7-12/h12-13H,2-11H2,1H3. The van der Waals surface area contributed by atoms with Crippen LogP contribution in [0.15, 0.2) is 0 Å². The van der Waals surface area contributed by atoms with Crippen LogP contribution in [0.25, 0.3) is 0 Å². The second-order valence-corrected chi connectivity index (χ2v) is 6.97. The van der Waals surface area contributed by atoms with Gasteiger partial charge < -0.3 is 10.1 Å². The molecule has 1 saturated carbocycles. The Morgan fingerprint density at radius 1 is 1.18 bits per heavy atom. The van der Waals surface area contributed by atoms with Crippen LogP contribution < -0.4 is 5.32 Å². The van der Waals surface area contributed by atoms with Crippen LogP contribution in [0.5, 0.6) is 0 Å². The van der Waals surface area contributed by atoms with Crippen LogP contribution in [-0.2, 0) is 14.6 Å². The lowest BCUT2D eigenvalue weighted by molar-refractivity contribution is 0.150. The molecule has 0 radical (unpaired) electrons. The SMILES string of the molecule is CCOCCNCCS(=O)(=O)C1CCCCC1. The summed E-state index contributed by atoms with van der Waals surface area (Å²) in [6, 6.07) is 0. The molecule has 5 heteroatoms. The zero-order chi connectivity index (χ0) is 12.6. The summed E-state index contributed by atoms with van der Waals surface area (Å²) in [4.78, 5) is 0. The molecule has 0 saturated heterocycles. The van der Waals surface area contributed by atoms with Crippen molar-refractivity contribution in [3.8, 4) is 0 Å². The zero-order valence-corrected chi connectivity index (χ0v) is 11.6. The van der Waals surface area contributed by atoms with Crippen molar-refractivity contribution in [2.45, 2.75) is 44.3 Å². The molecule has 0 aliphatic heterocycles. The molecule has 17 heavy (non-hydrogen) atoms. The third-order valence-electron chi connectivity index (χ3n) is 3.25. The van der Waals surface area contributed by atoms with Gasteiger partial charge in [-0.05, 0) is 19.8 Å². The minimum atomic E-state index is -2.88. The smallest absolute Gasteiger partial charge is 0.154 e. The van der Waals surface area contributed by atoms with Crippen LogP contribution in [0, 0.1) is 0 Å². The Kier molecular flexibility index (Phi) is 7.08. The molecule has 0 atom stereocenters. The van der Waals surface area contributed by atoms with Crippen molar-refractivity contribution in [1.82, 2.24) is 5.32 Å². The fourth-order valence-electron chi connectivity index (χ4n) is 2.22. The van der Waals surface area contributed by atoms with E-state index in [1.807, 2.05) is 6.92 Å². The molecule has 1 rings (SSSR count). The average Bonchev–Trinajstić information content (AvgIpc) is 2.35. The third kappa shape index (κ3) is 5.84. The highest BCUT2D eigenvalue weighted by molar-refractivity contribution is 7.92. The monoisotopic (exact) mass is 263 g/mol. The van der Waals surface area contributed by atoms with Crippen molar-refractivity contribution in [2.75, 3.05) is 32.1 Å². The van der Waals surface area contributed by atoms with Crippen LogP contribution >= 0.6 is 0 Å². The molecular formula is C12H25NO3S. The predicted molar refractivity (Wildman–Crippen MR) is 70.0 cm³/mol. The van der Waals surface area contributed by atoms with Gasteiger partial charge in [-0.1, -0.05) is 19.3 Å². The number of hydrogen-bond acceptors (Lipinski definition) is 4. The third-order valence-corrected chi connectivity index (χ3v) is 5.51. The van der Waals surface area contributed by atoms with E-state index in [0.29, 0.717) is 19.8 Å². The van der Waals surface area contributed by atoms with Gasteiger partial charge in [-0.3, -0.25) is 0 Å². The normalized spacial score (nSPS) is 18.4. The maximum atomic E-state index is 12.0. The van der Waals surface area contributed by atoms with Crippen molar-refractivity contribution in [3.05, 3.63) is 0 Å². The van der Waals surface area contributed by atoms with Gasteiger partial charge in [0.2, 0.25) is 0 Å². The Labute approximate surface area is 105 Å². The van der Waals surface area contributed by atoms with E-state index < -0.39 is 9.84 Å². The maximum Gasteiger partial charge on any atom is 0.154 e. The highest BCUT2D eigenvalue weighted by Crippen LogP contribution is 2.23. The van der Waals surface area contributed by atoms with Crippen molar-refractivity contribution >= 4 is 9.84 Å². The Morgan fingerprint density at radius 2 is 1.88 bits per heavy atom. The van der Waals surface area contributed by atoms with Crippen LogP contribution in [0.2, 0.25) is 0 Å². The van der Waals surface area contributed by atoms with Gasteiger partial charge in [-0.15, -0.1) is 0 Å². The Hall–Kier alpha value is -0.130. The summed E-state index contributed by atoms with van der Waals surface area (Å²) in [5, 5.41) is 3.03. The highest BCUT2D eigenvalue weighted by Gasteiger charge is 2.26. The molecule has 1 aliphatic carbocycles. The van der Waals surface area contributed by atoms with Gasteiger partial charge in [-0.25, -0.2) is 8.42 Å². The van der Waals surface area contributed by atoms with Crippen LogP contribution in [-0.4, -0.2) is 45.7 Å². The van der Waals surface area contributed by atoms with E-state index >= 15 is 0 Å². The summed E-state index contributed by atoms with van der Waals surface area (Å²) in [6.07, 6.45) is 5.06. The van der Waals surface area contributed by atoms with Gasteiger partial charge in [0.15, 0.2) is 9.84 Å². The number of ether oxygens (including phenoxy) is 1. The molecule has 0 unspecified atom stereocenters. The first-order valence-corrected chi connectivity index (χ1v) is 8.38. The molecule has 0 spiro atoms. The lowest BCUT2D eigenvalue weighted by Gasteiger charge is -2.21. The van der Waals surface area contributed by atoms with E-state index in [4.69, 9.17) is 4.74 Å².